The summed E-state index contributed by atoms with van der Waals surface area (Å²) in [6.07, 6.45) is 1.97. The number of methoxy groups -OCH3 is 1. The van der Waals surface area contributed by atoms with Gasteiger partial charge in [0.2, 0.25) is 0 Å². The van der Waals surface area contributed by atoms with Crippen molar-refractivity contribution in [3.05, 3.63) is 29.1 Å². The summed E-state index contributed by atoms with van der Waals surface area (Å²) in [6, 6.07) is 2.80. The molecule has 0 atom stereocenters. The third-order valence-corrected chi connectivity index (χ3v) is 3.58. The average molecular weight is 261 g/mol. The van der Waals surface area contributed by atoms with E-state index < -0.39 is 5.97 Å². The summed E-state index contributed by atoms with van der Waals surface area (Å²) < 4.78 is 18.4. The van der Waals surface area contributed by atoms with Crippen molar-refractivity contribution in [2.45, 2.75) is 23.7 Å². The number of carbonyl (C=O) groups excluding carboxylic acids is 1. The van der Waals surface area contributed by atoms with Crippen LogP contribution in [0.4, 0.5) is 4.39 Å². The number of hydrogen-bond donors (Lipinski definition) is 0. The van der Waals surface area contributed by atoms with Crippen LogP contribution in [0.2, 0.25) is 0 Å². The molecular weight excluding hydrogens is 251 g/mol. The Kier molecular flexibility index (Phi) is 3.40. The highest BCUT2D eigenvalue weighted by molar-refractivity contribution is 8.21. The average Bonchev–Trinajstić information content (AvgIpc) is 3.10. The van der Waals surface area contributed by atoms with Crippen molar-refractivity contribution in [1.29, 1.82) is 0 Å². The summed E-state index contributed by atoms with van der Waals surface area (Å²) in [6.45, 7) is 0. The van der Waals surface area contributed by atoms with Crippen molar-refractivity contribution in [3.63, 3.8) is 0 Å². The molecule has 1 aliphatic carbocycles. The van der Waals surface area contributed by atoms with Gasteiger partial charge in [0, 0.05) is 10.5 Å². The zero-order chi connectivity index (χ0) is 11.7. The van der Waals surface area contributed by atoms with E-state index in [9.17, 15) is 9.18 Å². The second-order valence-electron chi connectivity index (χ2n) is 3.71. The van der Waals surface area contributed by atoms with Gasteiger partial charge < -0.3 is 4.74 Å². The lowest BCUT2D eigenvalue weighted by atomic mass is 10.1. The lowest BCUT2D eigenvalue weighted by Crippen LogP contribution is -2.04. The summed E-state index contributed by atoms with van der Waals surface area (Å²) in [7, 11) is 7.90. The Morgan fingerprint density at radius 1 is 1.56 bits per heavy atom. The number of halogens is 2. The van der Waals surface area contributed by atoms with Gasteiger partial charge in [-0.1, -0.05) is 0 Å². The third kappa shape index (κ3) is 2.18. The van der Waals surface area contributed by atoms with Gasteiger partial charge >= 0.3 is 5.97 Å². The lowest BCUT2D eigenvalue weighted by Gasteiger charge is -2.08. The molecular formula is C11H10ClFO2S. The van der Waals surface area contributed by atoms with E-state index in [0.29, 0.717) is 10.5 Å². The number of carbonyl (C=O) groups is 1. The maximum Gasteiger partial charge on any atom is 0.337 e. The second kappa shape index (κ2) is 4.63. The predicted octanol–water partition coefficient (Wildman–Crippen LogP) is 3.74. The van der Waals surface area contributed by atoms with Gasteiger partial charge in [-0.3, -0.25) is 0 Å². The highest BCUT2D eigenvalue weighted by Gasteiger charge is 2.30. The van der Waals surface area contributed by atoms with E-state index in [1.807, 2.05) is 0 Å². The van der Waals surface area contributed by atoms with Gasteiger partial charge in [-0.05, 0) is 52.6 Å². The predicted molar refractivity (Wildman–Crippen MR) is 61.4 cm³/mol. The summed E-state index contributed by atoms with van der Waals surface area (Å²) in [5.41, 5.74) is 0.834. The Morgan fingerprint density at radius 3 is 2.75 bits per heavy atom. The maximum absolute atomic E-state index is 13.8. The molecule has 16 heavy (non-hydrogen) atoms. The van der Waals surface area contributed by atoms with Crippen molar-refractivity contribution in [1.82, 2.24) is 0 Å². The number of benzene rings is 1. The number of rotatable bonds is 3. The first-order chi connectivity index (χ1) is 7.67. The van der Waals surface area contributed by atoms with Crippen LogP contribution in [0.1, 0.15) is 34.7 Å². The van der Waals surface area contributed by atoms with E-state index in [-0.39, 0.29) is 17.3 Å². The molecule has 0 unspecified atom stereocenters. The standard InChI is InChI=1S/C11H10ClFO2S/c1-15-11(14)7-4-8(13)10(6-2-3-6)9(5-7)16-12/h4-6H,2-3H2,1H3. The zero-order valence-corrected chi connectivity index (χ0v) is 10.2. The summed E-state index contributed by atoms with van der Waals surface area (Å²) in [4.78, 5) is 11.9. The van der Waals surface area contributed by atoms with Crippen LogP contribution in [0.15, 0.2) is 17.0 Å². The minimum absolute atomic E-state index is 0.201. The monoisotopic (exact) mass is 260 g/mol. The second-order valence-corrected chi connectivity index (χ2v) is 4.77. The van der Waals surface area contributed by atoms with Crippen LogP contribution in [0.25, 0.3) is 0 Å². The molecule has 0 saturated heterocycles. The summed E-state index contributed by atoms with van der Waals surface area (Å²) in [5, 5.41) is 0. The van der Waals surface area contributed by atoms with Crippen molar-refractivity contribution in [3.8, 4) is 0 Å². The van der Waals surface area contributed by atoms with Crippen molar-refractivity contribution >= 4 is 27.6 Å². The fourth-order valence-corrected chi connectivity index (χ4v) is 2.56. The largest absolute Gasteiger partial charge is 0.465 e. The molecule has 0 radical (unpaired) electrons. The van der Waals surface area contributed by atoms with Crippen molar-refractivity contribution in [2.24, 2.45) is 0 Å². The molecule has 2 rings (SSSR count). The number of hydrogen-bond acceptors (Lipinski definition) is 3. The molecule has 1 aromatic rings. The van der Waals surface area contributed by atoms with Gasteiger partial charge in [0.1, 0.15) is 5.82 Å². The fraction of sp³-hybridized carbons (Fsp3) is 0.364. The van der Waals surface area contributed by atoms with Crippen LogP contribution in [-0.4, -0.2) is 13.1 Å². The molecule has 1 fully saturated rings. The maximum atomic E-state index is 13.8. The highest BCUT2D eigenvalue weighted by Crippen LogP contribution is 2.46. The molecule has 1 aliphatic rings. The molecule has 0 heterocycles. The normalized spacial score (nSPS) is 14.9. The Balaban J connectivity index is 2.45. The molecule has 0 aromatic heterocycles. The first-order valence-corrected chi connectivity index (χ1v) is 6.52. The molecule has 0 aliphatic heterocycles. The van der Waals surface area contributed by atoms with E-state index >= 15 is 0 Å². The van der Waals surface area contributed by atoms with Gasteiger partial charge in [-0.25, -0.2) is 9.18 Å². The summed E-state index contributed by atoms with van der Waals surface area (Å²) >= 11 is 0. The zero-order valence-electron chi connectivity index (χ0n) is 8.63. The van der Waals surface area contributed by atoms with Gasteiger partial charge in [-0.15, -0.1) is 0 Å². The number of esters is 1. The van der Waals surface area contributed by atoms with Gasteiger partial charge in [-0.2, -0.15) is 0 Å². The van der Waals surface area contributed by atoms with Crippen LogP contribution in [0, 0.1) is 5.82 Å². The van der Waals surface area contributed by atoms with Crippen LogP contribution in [-0.2, 0) is 4.74 Å². The Morgan fingerprint density at radius 2 is 2.25 bits per heavy atom. The fourth-order valence-electron chi connectivity index (χ4n) is 1.66. The Labute approximate surface area is 102 Å². The topological polar surface area (TPSA) is 26.3 Å². The minimum atomic E-state index is -0.548. The molecule has 0 bridgehead atoms. The van der Waals surface area contributed by atoms with Crippen molar-refractivity contribution in [2.75, 3.05) is 7.11 Å². The third-order valence-electron chi connectivity index (χ3n) is 2.58. The molecule has 0 amide bonds. The Hall–Kier alpha value is -0.740. The quantitative estimate of drug-likeness (QED) is 0.775. The molecule has 0 N–H and O–H groups in total. The molecule has 0 spiro atoms. The minimum Gasteiger partial charge on any atom is -0.465 e. The SMILES string of the molecule is COC(=O)c1cc(F)c(C2CC2)c(SCl)c1. The van der Waals surface area contributed by atoms with E-state index in [4.69, 9.17) is 10.7 Å². The van der Waals surface area contributed by atoms with E-state index in [1.54, 1.807) is 6.07 Å². The Bertz CT molecular complexity index is 432. The van der Waals surface area contributed by atoms with Gasteiger partial charge in [0.05, 0.1) is 12.7 Å². The van der Waals surface area contributed by atoms with Crippen LogP contribution in [0.5, 0.6) is 0 Å². The molecule has 5 heteroatoms. The molecule has 1 aromatic carbocycles. The summed E-state index contributed by atoms with van der Waals surface area (Å²) in [5.74, 6) is -0.658. The van der Waals surface area contributed by atoms with Gasteiger partial charge in [0.15, 0.2) is 0 Å². The first-order valence-electron chi connectivity index (χ1n) is 4.87. The van der Waals surface area contributed by atoms with E-state index in [1.165, 1.54) is 13.2 Å². The smallest absolute Gasteiger partial charge is 0.337 e. The molecule has 1 saturated carbocycles. The number of ether oxygens (including phenoxy) is 1. The van der Waals surface area contributed by atoms with Gasteiger partial charge in [0.25, 0.3) is 0 Å². The van der Waals surface area contributed by atoms with Crippen LogP contribution in [0.3, 0.4) is 0 Å². The van der Waals surface area contributed by atoms with Crippen LogP contribution >= 0.6 is 21.7 Å². The van der Waals surface area contributed by atoms with E-state index in [0.717, 1.165) is 23.8 Å². The lowest BCUT2D eigenvalue weighted by molar-refractivity contribution is 0.0600. The molecule has 2 nitrogen and oxygen atoms in total. The first kappa shape index (κ1) is 11.7. The van der Waals surface area contributed by atoms with E-state index in [2.05, 4.69) is 4.74 Å². The van der Waals surface area contributed by atoms with Crippen molar-refractivity contribution < 1.29 is 13.9 Å². The highest BCUT2D eigenvalue weighted by atomic mass is 35.7. The van der Waals surface area contributed by atoms with Crippen LogP contribution < -0.4 is 0 Å². The molecule has 86 valence electrons.